The second kappa shape index (κ2) is 8.27. The minimum atomic E-state index is -0.421. The number of aryl methyl sites for hydroxylation is 1. The Morgan fingerprint density at radius 1 is 0.926 bits per heavy atom. The summed E-state index contributed by atoms with van der Waals surface area (Å²) in [5.41, 5.74) is 2.31. The number of carbonyl (C=O) groups excluding carboxylic acids is 2. The third kappa shape index (κ3) is 4.79. The lowest BCUT2D eigenvalue weighted by Gasteiger charge is -2.10. The molecule has 0 saturated heterocycles. The van der Waals surface area contributed by atoms with E-state index in [0.717, 1.165) is 5.56 Å². The molecule has 0 bridgehead atoms. The molecule has 3 aromatic rings. The Balaban J connectivity index is 1.58. The van der Waals surface area contributed by atoms with Gasteiger partial charge in [-0.15, -0.1) is 0 Å². The number of carbonyl (C=O) groups is 2. The fourth-order valence-corrected chi connectivity index (χ4v) is 2.52. The second-order valence-electron chi connectivity index (χ2n) is 6.02. The van der Waals surface area contributed by atoms with Crippen LogP contribution in [-0.4, -0.2) is 18.3 Å². The Morgan fingerprint density at radius 3 is 2.30 bits per heavy atom. The van der Waals surface area contributed by atoms with Gasteiger partial charge in [-0.25, -0.2) is 4.39 Å². The zero-order chi connectivity index (χ0) is 19.2. The molecule has 1 N–H and O–H groups in total. The van der Waals surface area contributed by atoms with Crippen LogP contribution in [0, 0.1) is 12.7 Å². The summed E-state index contributed by atoms with van der Waals surface area (Å²) in [7, 11) is 0. The van der Waals surface area contributed by atoms with E-state index < -0.39 is 11.7 Å². The van der Waals surface area contributed by atoms with E-state index in [1.54, 1.807) is 49.4 Å². The molecular formula is C22H18FNO3. The van der Waals surface area contributed by atoms with Gasteiger partial charge in [-0.1, -0.05) is 36.4 Å². The van der Waals surface area contributed by atoms with Gasteiger partial charge in [-0.3, -0.25) is 9.59 Å². The van der Waals surface area contributed by atoms with Crippen LogP contribution in [0.5, 0.6) is 5.75 Å². The monoisotopic (exact) mass is 363 g/mol. The Bertz CT molecular complexity index is 953. The predicted octanol–water partition coefficient (Wildman–Crippen LogP) is 4.38. The zero-order valence-electron chi connectivity index (χ0n) is 14.7. The molecule has 1 amide bonds. The summed E-state index contributed by atoms with van der Waals surface area (Å²) in [6.07, 6.45) is 0. The van der Waals surface area contributed by atoms with Gasteiger partial charge in [0, 0.05) is 16.8 Å². The van der Waals surface area contributed by atoms with Crippen molar-refractivity contribution in [2.45, 2.75) is 6.92 Å². The summed E-state index contributed by atoms with van der Waals surface area (Å²) in [5.74, 6) is -0.434. The summed E-state index contributed by atoms with van der Waals surface area (Å²) in [4.78, 5) is 24.3. The third-order valence-corrected chi connectivity index (χ3v) is 4.00. The number of ketones is 1. The number of rotatable bonds is 6. The first-order chi connectivity index (χ1) is 13.0. The Morgan fingerprint density at radius 2 is 1.59 bits per heavy atom. The molecule has 0 aliphatic rings. The zero-order valence-corrected chi connectivity index (χ0v) is 14.7. The SMILES string of the molecule is Cc1ccc(F)cc1NC(=O)COc1ccc(C(=O)c2ccccc2)cc1. The molecule has 4 nitrogen and oxygen atoms in total. The number of amides is 1. The Labute approximate surface area is 156 Å². The van der Waals surface area contributed by atoms with Crippen LogP contribution in [0.1, 0.15) is 21.5 Å². The maximum atomic E-state index is 13.3. The number of nitrogens with one attached hydrogen (secondary N) is 1. The first kappa shape index (κ1) is 18.3. The largest absolute Gasteiger partial charge is 0.484 e. The van der Waals surface area contributed by atoms with Gasteiger partial charge in [0.05, 0.1) is 0 Å². The van der Waals surface area contributed by atoms with Gasteiger partial charge in [-0.2, -0.15) is 0 Å². The van der Waals surface area contributed by atoms with E-state index in [1.807, 2.05) is 18.2 Å². The van der Waals surface area contributed by atoms with Crippen molar-refractivity contribution in [3.63, 3.8) is 0 Å². The maximum absolute atomic E-state index is 13.3. The van der Waals surface area contributed by atoms with Crippen LogP contribution < -0.4 is 10.1 Å². The summed E-state index contributed by atoms with van der Waals surface area (Å²) in [6.45, 7) is 1.56. The number of hydrogen-bond donors (Lipinski definition) is 1. The van der Waals surface area contributed by atoms with Gasteiger partial charge in [0.25, 0.3) is 5.91 Å². The first-order valence-electron chi connectivity index (χ1n) is 8.41. The van der Waals surface area contributed by atoms with Gasteiger partial charge in [0.1, 0.15) is 11.6 Å². The van der Waals surface area contributed by atoms with Crippen LogP contribution in [0.15, 0.2) is 72.8 Å². The average Bonchev–Trinajstić information content (AvgIpc) is 2.70. The smallest absolute Gasteiger partial charge is 0.262 e. The third-order valence-electron chi connectivity index (χ3n) is 4.00. The highest BCUT2D eigenvalue weighted by atomic mass is 19.1. The van der Waals surface area contributed by atoms with Crippen molar-refractivity contribution < 1.29 is 18.7 Å². The second-order valence-corrected chi connectivity index (χ2v) is 6.02. The standard InChI is InChI=1S/C22H18FNO3/c1-15-7-10-18(23)13-20(15)24-21(25)14-27-19-11-8-17(9-12-19)22(26)16-5-3-2-4-6-16/h2-13H,14H2,1H3,(H,24,25). The molecule has 0 atom stereocenters. The average molecular weight is 363 g/mol. The molecule has 27 heavy (non-hydrogen) atoms. The molecule has 0 spiro atoms. The van der Waals surface area contributed by atoms with Crippen molar-refractivity contribution in [1.82, 2.24) is 0 Å². The molecule has 0 aliphatic carbocycles. The lowest BCUT2D eigenvalue weighted by molar-refractivity contribution is -0.118. The van der Waals surface area contributed by atoms with E-state index in [9.17, 15) is 14.0 Å². The fraction of sp³-hybridized carbons (Fsp3) is 0.0909. The van der Waals surface area contributed by atoms with Crippen LogP contribution in [-0.2, 0) is 4.79 Å². The topological polar surface area (TPSA) is 55.4 Å². The highest BCUT2D eigenvalue weighted by Crippen LogP contribution is 2.17. The van der Waals surface area contributed by atoms with Crippen LogP contribution >= 0.6 is 0 Å². The minimum absolute atomic E-state index is 0.0820. The quantitative estimate of drug-likeness (QED) is 0.661. The van der Waals surface area contributed by atoms with Crippen LogP contribution in [0.25, 0.3) is 0 Å². The molecule has 0 aliphatic heterocycles. The summed E-state index contributed by atoms with van der Waals surface area (Å²) in [6, 6.07) is 19.7. The molecule has 0 unspecified atom stereocenters. The van der Waals surface area contributed by atoms with Gasteiger partial charge < -0.3 is 10.1 Å². The summed E-state index contributed by atoms with van der Waals surface area (Å²) in [5, 5.41) is 2.61. The molecule has 3 rings (SSSR count). The highest BCUT2D eigenvalue weighted by Gasteiger charge is 2.10. The molecule has 0 aromatic heterocycles. The van der Waals surface area contributed by atoms with Crippen molar-refractivity contribution in [3.05, 3.63) is 95.3 Å². The fourth-order valence-electron chi connectivity index (χ4n) is 2.52. The normalized spacial score (nSPS) is 10.3. The lowest BCUT2D eigenvalue weighted by atomic mass is 10.0. The predicted molar refractivity (Wildman–Crippen MR) is 102 cm³/mol. The molecule has 0 saturated carbocycles. The van der Waals surface area contributed by atoms with Gasteiger partial charge in [0.2, 0.25) is 0 Å². The van der Waals surface area contributed by atoms with Crippen molar-refractivity contribution in [3.8, 4) is 5.75 Å². The summed E-state index contributed by atoms with van der Waals surface area (Å²) < 4.78 is 18.7. The van der Waals surface area contributed by atoms with E-state index in [-0.39, 0.29) is 12.4 Å². The van der Waals surface area contributed by atoms with Crippen molar-refractivity contribution in [1.29, 1.82) is 0 Å². The van der Waals surface area contributed by atoms with Crippen molar-refractivity contribution in [2.24, 2.45) is 0 Å². The van der Waals surface area contributed by atoms with E-state index in [2.05, 4.69) is 5.32 Å². The Kier molecular flexibility index (Phi) is 5.61. The molecule has 0 radical (unpaired) electrons. The van der Waals surface area contributed by atoms with Gasteiger partial charge >= 0.3 is 0 Å². The number of anilines is 1. The van der Waals surface area contributed by atoms with E-state index in [0.29, 0.717) is 22.6 Å². The van der Waals surface area contributed by atoms with Crippen LogP contribution in [0.3, 0.4) is 0 Å². The molecule has 3 aromatic carbocycles. The number of benzene rings is 3. The van der Waals surface area contributed by atoms with Gasteiger partial charge in [0.15, 0.2) is 12.4 Å². The molecule has 136 valence electrons. The number of ether oxygens (including phenoxy) is 1. The van der Waals surface area contributed by atoms with E-state index in [1.165, 1.54) is 12.1 Å². The van der Waals surface area contributed by atoms with Gasteiger partial charge in [-0.05, 0) is 48.9 Å². The van der Waals surface area contributed by atoms with Crippen molar-refractivity contribution >= 4 is 17.4 Å². The van der Waals surface area contributed by atoms with E-state index >= 15 is 0 Å². The van der Waals surface area contributed by atoms with E-state index in [4.69, 9.17) is 4.74 Å². The molecular weight excluding hydrogens is 345 g/mol. The number of hydrogen-bond acceptors (Lipinski definition) is 3. The lowest BCUT2D eigenvalue weighted by Crippen LogP contribution is -2.20. The minimum Gasteiger partial charge on any atom is -0.484 e. The number of halogens is 1. The first-order valence-corrected chi connectivity index (χ1v) is 8.41. The highest BCUT2D eigenvalue weighted by molar-refractivity contribution is 6.09. The van der Waals surface area contributed by atoms with Crippen molar-refractivity contribution in [2.75, 3.05) is 11.9 Å². The molecule has 0 fully saturated rings. The van der Waals surface area contributed by atoms with Crippen LogP contribution in [0.2, 0.25) is 0 Å². The molecule has 0 heterocycles. The molecule has 5 heteroatoms. The Hall–Kier alpha value is -3.47. The maximum Gasteiger partial charge on any atom is 0.262 e. The summed E-state index contributed by atoms with van der Waals surface area (Å²) >= 11 is 0. The van der Waals surface area contributed by atoms with Crippen LogP contribution in [0.4, 0.5) is 10.1 Å².